The van der Waals surface area contributed by atoms with E-state index in [0.29, 0.717) is 13.2 Å². The van der Waals surface area contributed by atoms with Crippen molar-refractivity contribution < 1.29 is 22.7 Å². The Morgan fingerprint density at radius 3 is 2.42 bits per heavy atom. The molecule has 1 heterocycles. The molecule has 1 aliphatic rings. The first kappa shape index (κ1) is 19.1. The normalized spacial score (nSPS) is 15.6. The van der Waals surface area contributed by atoms with Crippen molar-refractivity contribution in [1.29, 1.82) is 0 Å². The van der Waals surface area contributed by atoms with Crippen molar-refractivity contribution in [2.75, 3.05) is 26.3 Å². The van der Waals surface area contributed by atoms with Gasteiger partial charge in [0.2, 0.25) is 10.0 Å². The molecule has 26 heavy (non-hydrogen) atoms. The highest BCUT2D eigenvalue weighted by Crippen LogP contribution is 2.27. The van der Waals surface area contributed by atoms with E-state index in [9.17, 15) is 13.2 Å². The van der Waals surface area contributed by atoms with Gasteiger partial charge in [-0.25, -0.2) is 13.2 Å². The average Bonchev–Trinajstić information content (AvgIpc) is 2.64. The molecule has 0 aliphatic carbocycles. The van der Waals surface area contributed by atoms with Gasteiger partial charge in [0.25, 0.3) is 0 Å². The lowest BCUT2D eigenvalue weighted by Crippen LogP contribution is -2.40. The molecular formula is C17H15Cl2NO5S. The van der Waals surface area contributed by atoms with E-state index in [1.54, 1.807) is 18.2 Å². The van der Waals surface area contributed by atoms with Crippen LogP contribution in [0.1, 0.15) is 10.4 Å². The Morgan fingerprint density at radius 1 is 1.04 bits per heavy atom. The molecule has 0 atom stereocenters. The summed E-state index contributed by atoms with van der Waals surface area (Å²) >= 11 is 12.0. The Hall–Kier alpha value is -1.64. The third-order valence-electron chi connectivity index (χ3n) is 3.80. The number of hydrogen-bond acceptors (Lipinski definition) is 5. The van der Waals surface area contributed by atoms with Crippen LogP contribution >= 0.6 is 23.2 Å². The van der Waals surface area contributed by atoms with Gasteiger partial charge in [0, 0.05) is 13.1 Å². The summed E-state index contributed by atoms with van der Waals surface area (Å²) in [6.45, 7) is 1.16. The minimum Gasteiger partial charge on any atom is -0.421 e. The second-order valence-electron chi connectivity index (χ2n) is 5.48. The Morgan fingerprint density at radius 2 is 1.73 bits per heavy atom. The summed E-state index contributed by atoms with van der Waals surface area (Å²) in [7, 11) is -3.75. The molecule has 0 spiro atoms. The highest BCUT2D eigenvalue weighted by Gasteiger charge is 2.28. The standard InChI is InChI=1S/C17H15Cl2NO5S/c18-14-6-5-12(26(22,23)20-7-9-24-10-8-20)11-13(14)17(21)25-16-4-2-1-3-15(16)19/h1-6,11H,7-10H2. The fourth-order valence-corrected chi connectivity index (χ4v) is 4.24. The predicted molar refractivity (Wildman–Crippen MR) is 97.4 cm³/mol. The zero-order chi connectivity index (χ0) is 18.7. The fraction of sp³-hybridized carbons (Fsp3) is 0.235. The van der Waals surface area contributed by atoms with Crippen LogP contribution in [0.15, 0.2) is 47.4 Å². The van der Waals surface area contributed by atoms with Crippen molar-refractivity contribution in [3.8, 4) is 5.75 Å². The van der Waals surface area contributed by atoms with Crippen LogP contribution in [0.4, 0.5) is 0 Å². The van der Waals surface area contributed by atoms with Crippen LogP contribution in [-0.4, -0.2) is 45.0 Å². The number of para-hydroxylation sites is 1. The molecule has 1 fully saturated rings. The van der Waals surface area contributed by atoms with Gasteiger partial charge in [0.15, 0.2) is 0 Å². The van der Waals surface area contributed by atoms with E-state index < -0.39 is 16.0 Å². The summed E-state index contributed by atoms with van der Waals surface area (Å²) in [5, 5.41) is 0.344. The number of ether oxygens (including phenoxy) is 2. The monoisotopic (exact) mass is 415 g/mol. The first-order chi connectivity index (χ1) is 12.4. The van der Waals surface area contributed by atoms with Gasteiger partial charge in [0.05, 0.1) is 33.7 Å². The van der Waals surface area contributed by atoms with Crippen LogP contribution in [0.3, 0.4) is 0 Å². The molecule has 138 valence electrons. The van der Waals surface area contributed by atoms with Gasteiger partial charge in [-0.05, 0) is 30.3 Å². The second kappa shape index (κ2) is 7.94. The molecule has 0 radical (unpaired) electrons. The molecule has 0 N–H and O–H groups in total. The Kier molecular flexibility index (Phi) is 5.84. The number of nitrogens with zero attached hydrogens (tertiary/aromatic N) is 1. The second-order valence-corrected chi connectivity index (χ2v) is 8.23. The smallest absolute Gasteiger partial charge is 0.345 e. The predicted octanol–water partition coefficient (Wildman–Crippen LogP) is 3.23. The van der Waals surface area contributed by atoms with Gasteiger partial charge in [-0.1, -0.05) is 35.3 Å². The van der Waals surface area contributed by atoms with Crippen molar-refractivity contribution >= 4 is 39.2 Å². The first-order valence-corrected chi connectivity index (χ1v) is 9.93. The molecule has 1 saturated heterocycles. The number of benzene rings is 2. The molecule has 3 rings (SSSR count). The largest absolute Gasteiger partial charge is 0.421 e. The molecule has 2 aromatic carbocycles. The molecule has 9 heteroatoms. The molecule has 0 unspecified atom stereocenters. The van der Waals surface area contributed by atoms with Crippen LogP contribution < -0.4 is 4.74 Å². The van der Waals surface area contributed by atoms with Crippen LogP contribution in [0.5, 0.6) is 5.75 Å². The number of morpholine rings is 1. The van der Waals surface area contributed by atoms with Gasteiger partial charge in [-0.3, -0.25) is 0 Å². The van der Waals surface area contributed by atoms with Gasteiger partial charge in [-0.15, -0.1) is 0 Å². The lowest BCUT2D eigenvalue weighted by atomic mass is 10.2. The van der Waals surface area contributed by atoms with Crippen molar-refractivity contribution in [3.05, 3.63) is 58.1 Å². The van der Waals surface area contributed by atoms with Crippen molar-refractivity contribution in [2.24, 2.45) is 0 Å². The number of carbonyl (C=O) groups excluding carboxylic acids is 1. The van der Waals surface area contributed by atoms with Gasteiger partial charge < -0.3 is 9.47 Å². The zero-order valence-corrected chi connectivity index (χ0v) is 15.9. The van der Waals surface area contributed by atoms with E-state index in [0.717, 1.165) is 0 Å². The quantitative estimate of drug-likeness (QED) is 0.565. The lowest BCUT2D eigenvalue weighted by molar-refractivity contribution is 0.0727. The number of rotatable bonds is 4. The molecule has 2 aromatic rings. The van der Waals surface area contributed by atoms with Gasteiger partial charge in [0.1, 0.15) is 5.75 Å². The molecule has 0 bridgehead atoms. The van der Waals surface area contributed by atoms with E-state index >= 15 is 0 Å². The molecule has 1 aliphatic heterocycles. The maximum Gasteiger partial charge on any atom is 0.345 e. The number of hydrogen-bond donors (Lipinski definition) is 0. The Bertz CT molecular complexity index is 927. The van der Waals surface area contributed by atoms with E-state index in [2.05, 4.69) is 0 Å². The first-order valence-electron chi connectivity index (χ1n) is 7.74. The maximum atomic E-state index is 12.7. The number of carbonyl (C=O) groups is 1. The van der Waals surface area contributed by atoms with Crippen LogP contribution in [0, 0.1) is 0 Å². The maximum absolute atomic E-state index is 12.7. The number of sulfonamides is 1. The summed E-state index contributed by atoms with van der Waals surface area (Å²) in [6.07, 6.45) is 0. The van der Waals surface area contributed by atoms with E-state index in [1.807, 2.05) is 0 Å². The van der Waals surface area contributed by atoms with E-state index in [1.165, 1.54) is 28.6 Å². The molecule has 0 amide bonds. The topological polar surface area (TPSA) is 72.9 Å². The zero-order valence-electron chi connectivity index (χ0n) is 13.5. The number of halogens is 2. The van der Waals surface area contributed by atoms with E-state index in [-0.39, 0.29) is 39.3 Å². The molecule has 0 saturated carbocycles. The Balaban J connectivity index is 1.90. The average molecular weight is 416 g/mol. The SMILES string of the molecule is O=C(Oc1ccccc1Cl)c1cc(S(=O)(=O)N2CCOCC2)ccc1Cl. The van der Waals surface area contributed by atoms with Crippen molar-refractivity contribution in [1.82, 2.24) is 4.31 Å². The van der Waals surface area contributed by atoms with Crippen LogP contribution in [0.2, 0.25) is 10.0 Å². The van der Waals surface area contributed by atoms with Gasteiger partial charge >= 0.3 is 5.97 Å². The minimum absolute atomic E-state index is 0.0325. The summed E-state index contributed by atoms with van der Waals surface area (Å²) in [5.74, 6) is -0.626. The minimum atomic E-state index is -3.75. The summed E-state index contributed by atoms with van der Waals surface area (Å²) in [5.41, 5.74) is -0.0547. The van der Waals surface area contributed by atoms with Crippen LogP contribution in [0.25, 0.3) is 0 Å². The summed E-state index contributed by atoms with van der Waals surface area (Å²) < 4.78 is 37.2. The third kappa shape index (κ3) is 4.02. The molecule has 0 aromatic heterocycles. The Labute approximate surface area is 161 Å². The highest BCUT2D eigenvalue weighted by molar-refractivity contribution is 7.89. The van der Waals surface area contributed by atoms with Gasteiger partial charge in [-0.2, -0.15) is 4.31 Å². The summed E-state index contributed by atoms with van der Waals surface area (Å²) in [4.78, 5) is 12.4. The molecule has 6 nitrogen and oxygen atoms in total. The summed E-state index contributed by atoms with van der Waals surface area (Å²) in [6, 6.07) is 10.4. The van der Waals surface area contributed by atoms with E-state index in [4.69, 9.17) is 32.7 Å². The molecular weight excluding hydrogens is 401 g/mol. The highest BCUT2D eigenvalue weighted by atomic mass is 35.5. The van der Waals surface area contributed by atoms with Crippen molar-refractivity contribution in [2.45, 2.75) is 4.90 Å². The van der Waals surface area contributed by atoms with Crippen LogP contribution in [-0.2, 0) is 14.8 Å². The lowest BCUT2D eigenvalue weighted by Gasteiger charge is -2.26. The fourth-order valence-electron chi connectivity index (χ4n) is 2.44. The van der Waals surface area contributed by atoms with Crippen molar-refractivity contribution in [3.63, 3.8) is 0 Å². The number of esters is 1. The third-order valence-corrected chi connectivity index (χ3v) is 6.34.